The van der Waals surface area contributed by atoms with Gasteiger partial charge in [-0.25, -0.2) is 0 Å². The Morgan fingerprint density at radius 3 is 2.76 bits per heavy atom. The number of aryl methyl sites for hydroxylation is 1. The monoisotopic (exact) mass is 245 g/mol. The molecule has 1 N–H and O–H groups in total. The molecule has 1 unspecified atom stereocenters. The Kier molecular flexibility index (Phi) is 3.97. The van der Waals surface area contributed by atoms with Gasteiger partial charge in [0.25, 0.3) is 0 Å². The summed E-state index contributed by atoms with van der Waals surface area (Å²) < 4.78 is 0. The highest BCUT2D eigenvalue weighted by Crippen LogP contribution is 2.32. The summed E-state index contributed by atoms with van der Waals surface area (Å²) in [5.74, 6) is 0.587. The van der Waals surface area contributed by atoms with Gasteiger partial charge >= 0.3 is 0 Å². The second-order valence-electron chi connectivity index (χ2n) is 4.53. The van der Waals surface area contributed by atoms with Gasteiger partial charge in [0.15, 0.2) is 0 Å². The number of rotatable bonds is 4. The Balaban J connectivity index is 2.23. The zero-order valence-electron chi connectivity index (χ0n) is 10.7. The first kappa shape index (κ1) is 12.3. The molecule has 2 rings (SSSR count). The van der Waals surface area contributed by atoms with E-state index in [1.54, 1.807) is 0 Å². The first-order chi connectivity index (χ1) is 8.20. The van der Waals surface area contributed by atoms with Crippen LogP contribution < -0.4 is 5.32 Å². The lowest BCUT2D eigenvalue weighted by atomic mass is 10.1. The van der Waals surface area contributed by atoms with E-state index in [-0.39, 0.29) is 0 Å². The maximum atomic E-state index is 3.23. The molecule has 0 saturated heterocycles. The topological polar surface area (TPSA) is 12.0 Å². The van der Waals surface area contributed by atoms with Crippen LogP contribution in [0, 0.1) is 6.92 Å². The van der Waals surface area contributed by atoms with Crippen LogP contribution in [0.2, 0.25) is 0 Å². The average Bonchev–Trinajstić information content (AvgIpc) is 2.78. The molecule has 0 radical (unpaired) electrons. The van der Waals surface area contributed by atoms with Crippen LogP contribution in [0.15, 0.2) is 36.4 Å². The van der Waals surface area contributed by atoms with E-state index in [4.69, 9.17) is 0 Å². The van der Waals surface area contributed by atoms with Crippen LogP contribution in [0.3, 0.4) is 0 Å². The summed E-state index contributed by atoms with van der Waals surface area (Å²) in [6.45, 7) is 5.44. The third kappa shape index (κ3) is 2.96. The van der Waals surface area contributed by atoms with Gasteiger partial charge in [-0.3, -0.25) is 0 Å². The molecule has 17 heavy (non-hydrogen) atoms. The minimum Gasteiger partial charge on any atom is -0.319 e. The molecule has 1 heterocycles. The number of thiophene rings is 1. The fourth-order valence-corrected chi connectivity index (χ4v) is 3.03. The average molecular weight is 245 g/mol. The number of nitrogens with one attached hydrogen (secondary N) is 1. The third-order valence-electron chi connectivity index (χ3n) is 2.93. The highest BCUT2D eigenvalue weighted by molar-refractivity contribution is 7.15. The Hall–Kier alpha value is -1.12. The molecule has 90 valence electrons. The Labute approximate surface area is 108 Å². The van der Waals surface area contributed by atoms with Gasteiger partial charge in [-0.05, 0) is 31.7 Å². The summed E-state index contributed by atoms with van der Waals surface area (Å²) in [5.41, 5.74) is 2.65. The lowest BCUT2D eigenvalue weighted by Gasteiger charge is -2.07. The van der Waals surface area contributed by atoms with E-state index < -0.39 is 0 Å². The Morgan fingerprint density at radius 2 is 2.06 bits per heavy atom. The second-order valence-corrected chi connectivity index (χ2v) is 5.65. The van der Waals surface area contributed by atoms with Gasteiger partial charge in [0.1, 0.15) is 0 Å². The van der Waals surface area contributed by atoms with Gasteiger partial charge in [-0.1, -0.05) is 36.8 Å². The number of hydrogen-bond donors (Lipinski definition) is 1. The largest absolute Gasteiger partial charge is 0.319 e. The highest BCUT2D eigenvalue weighted by atomic mass is 32.1. The van der Waals surface area contributed by atoms with Crippen molar-refractivity contribution in [2.24, 2.45) is 0 Å². The molecule has 0 aliphatic carbocycles. The minimum absolute atomic E-state index is 0.587. The summed E-state index contributed by atoms with van der Waals surface area (Å²) in [7, 11) is 2.01. The van der Waals surface area contributed by atoms with Crippen molar-refractivity contribution in [3.63, 3.8) is 0 Å². The normalized spacial score (nSPS) is 12.6. The van der Waals surface area contributed by atoms with Crippen molar-refractivity contribution >= 4 is 11.3 Å². The first-order valence-corrected chi connectivity index (χ1v) is 6.83. The van der Waals surface area contributed by atoms with Crippen molar-refractivity contribution in [3.8, 4) is 10.4 Å². The summed E-state index contributed by atoms with van der Waals surface area (Å²) in [5, 5.41) is 3.23. The number of likely N-dealkylation sites (N-methyl/N-ethyl adjacent to an activating group) is 1. The fourth-order valence-electron chi connectivity index (χ4n) is 1.98. The fraction of sp³-hybridized carbons (Fsp3) is 0.333. The quantitative estimate of drug-likeness (QED) is 0.857. The molecule has 0 bridgehead atoms. The van der Waals surface area contributed by atoms with Crippen molar-refractivity contribution in [1.29, 1.82) is 0 Å². The predicted molar refractivity (Wildman–Crippen MR) is 76.8 cm³/mol. The Morgan fingerprint density at radius 1 is 1.24 bits per heavy atom. The molecular weight excluding hydrogens is 226 g/mol. The maximum Gasteiger partial charge on any atom is 0.0345 e. The van der Waals surface area contributed by atoms with Crippen LogP contribution in [-0.2, 0) is 0 Å². The standard InChI is InChI=1S/C15H19NS/c1-11-5-4-6-13(9-11)15-8-7-14(17-15)12(2)10-16-3/h4-9,12,16H,10H2,1-3H3. The zero-order chi connectivity index (χ0) is 12.3. The van der Waals surface area contributed by atoms with Gasteiger partial charge in [0, 0.05) is 22.2 Å². The van der Waals surface area contributed by atoms with Crippen molar-refractivity contribution in [1.82, 2.24) is 5.32 Å². The second kappa shape index (κ2) is 5.48. The van der Waals surface area contributed by atoms with Crippen LogP contribution in [0.4, 0.5) is 0 Å². The molecule has 0 spiro atoms. The predicted octanol–water partition coefficient (Wildman–Crippen LogP) is 4.05. The molecule has 0 fully saturated rings. The molecule has 1 aromatic carbocycles. The van der Waals surface area contributed by atoms with Gasteiger partial charge in [0.2, 0.25) is 0 Å². The van der Waals surface area contributed by atoms with Crippen LogP contribution >= 0.6 is 11.3 Å². The van der Waals surface area contributed by atoms with E-state index in [0.29, 0.717) is 5.92 Å². The summed E-state index contributed by atoms with van der Waals surface area (Å²) in [6.07, 6.45) is 0. The van der Waals surface area contributed by atoms with Gasteiger partial charge in [0.05, 0.1) is 0 Å². The van der Waals surface area contributed by atoms with E-state index in [0.717, 1.165) is 6.54 Å². The SMILES string of the molecule is CNCC(C)c1ccc(-c2cccc(C)c2)s1. The van der Waals surface area contributed by atoms with Crippen molar-refractivity contribution in [3.05, 3.63) is 46.8 Å². The van der Waals surface area contributed by atoms with E-state index >= 15 is 0 Å². The molecule has 1 atom stereocenters. The van der Waals surface area contributed by atoms with E-state index in [9.17, 15) is 0 Å². The number of hydrogen-bond acceptors (Lipinski definition) is 2. The zero-order valence-corrected chi connectivity index (χ0v) is 11.5. The van der Waals surface area contributed by atoms with Crippen LogP contribution in [0.25, 0.3) is 10.4 Å². The Bertz CT molecular complexity index is 487. The van der Waals surface area contributed by atoms with Gasteiger partial charge in [-0.15, -0.1) is 11.3 Å². The summed E-state index contributed by atoms with van der Waals surface area (Å²) in [4.78, 5) is 2.82. The van der Waals surface area contributed by atoms with Gasteiger partial charge < -0.3 is 5.32 Å². The van der Waals surface area contributed by atoms with E-state index in [2.05, 4.69) is 55.6 Å². The number of benzene rings is 1. The summed E-state index contributed by atoms with van der Waals surface area (Å²) >= 11 is 1.90. The molecular formula is C15H19NS. The smallest absolute Gasteiger partial charge is 0.0345 e. The molecule has 1 nitrogen and oxygen atoms in total. The molecule has 2 aromatic rings. The van der Waals surface area contributed by atoms with E-state index in [1.165, 1.54) is 20.9 Å². The van der Waals surface area contributed by atoms with Crippen molar-refractivity contribution < 1.29 is 0 Å². The molecule has 2 heteroatoms. The third-order valence-corrected chi connectivity index (χ3v) is 4.29. The summed E-state index contributed by atoms with van der Waals surface area (Å²) in [6, 6.07) is 13.2. The molecule has 0 amide bonds. The van der Waals surface area contributed by atoms with Crippen LogP contribution in [0.5, 0.6) is 0 Å². The van der Waals surface area contributed by atoms with Crippen molar-refractivity contribution in [2.45, 2.75) is 19.8 Å². The van der Waals surface area contributed by atoms with Gasteiger partial charge in [-0.2, -0.15) is 0 Å². The first-order valence-electron chi connectivity index (χ1n) is 6.02. The lowest BCUT2D eigenvalue weighted by molar-refractivity contribution is 0.687. The van der Waals surface area contributed by atoms with Crippen molar-refractivity contribution in [2.75, 3.05) is 13.6 Å². The maximum absolute atomic E-state index is 3.23. The van der Waals surface area contributed by atoms with Crippen LogP contribution in [0.1, 0.15) is 23.3 Å². The lowest BCUT2D eigenvalue weighted by Crippen LogP contribution is -2.13. The molecule has 1 aromatic heterocycles. The minimum atomic E-state index is 0.587. The van der Waals surface area contributed by atoms with Crippen LogP contribution in [-0.4, -0.2) is 13.6 Å². The molecule has 0 saturated carbocycles. The van der Waals surface area contributed by atoms with E-state index in [1.807, 2.05) is 18.4 Å². The molecule has 0 aliphatic rings. The highest BCUT2D eigenvalue weighted by Gasteiger charge is 2.08. The molecule has 0 aliphatic heterocycles.